The Morgan fingerprint density at radius 1 is 1.29 bits per heavy atom. The van der Waals surface area contributed by atoms with Crippen LogP contribution in [-0.4, -0.2) is 19.1 Å². The van der Waals surface area contributed by atoms with E-state index in [4.69, 9.17) is 4.74 Å². The predicted molar refractivity (Wildman–Crippen MR) is 90.7 cm³/mol. The first kappa shape index (κ1) is 15.8. The van der Waals surface area contributed by atoms with E-state index in [0.29, 0.717) is 13.2 Å². The lowest BCUT2D eigenvalue weighted by Gasteiger charge is -2.06. The monoisotopic (exact) mass is 365 g/mol. The molecule has 2 aromatic rings. The molecule has 0 atom stereocenters. The van der Waals surface area contributed by atoms with E-state index in [1.165, 1.54) is 11.6 Å². The molecule has 0 unspecified atom stereocenters. The predicted octanol–water partition coefficient (Wildman–Crippen LogP) is 4.03. The summed E-state index contributed by atoms with van der Waals surface area (Å²) < 4.78 is 6.58. The van der Waals surface area contributed by atoms with Crippen molar-refractivity contribution in [1.82, 2.24) is 5.32 Å². The highest BCUT2D eigenvalue weighted by Gasteiger charge is 1.98. The van der Waals surface area contributed by atoms with Gasteiger partial charge in [-0.3, -0.25) is 4.79 Å². The summed E-state index contributed by atoms with van der Waals surface area (Å²) in [5.74, 6) is 0.695. The van der Waals surface area contributed by atoms with Crippen LogP contribution in [0.3, 0.4) is 0 Å². The van der Waals surface area contributed by atoms with Gasteiger partial charge in [-0.2, -0.15) is 0 Å². The first-order valence-corrected chi connectivity index (χ1v) is 8.15. The number of aryl methyl sites for hydroxylation is 1. The molecule has 3 nitrogen and oxygen atoms in total. The lowest BCUT2D eigenvalue weighted by Crippen LogP contribution is -2.26. The van der Waals surface area contributed by atoms with Crippen molar-refractivity contribution in [1.29, 1.82) is 0 Å². The highest BCUT2D eigenvalue weighted by Crippen LogP contribution is 2.22. The van der Waals surface area contributed by atoms with Gasteiger partial charge in [-0.15, -0.1) is 11.3 Å². The number of thiophene rings is 1. The minimum Gasteiger partial charge on any atom is -0.492 e. The minimum atomic E-state index is -0.118. The first-order chi connectivity index (χ1) is 10.1. The van der Waals surface area contributed by atoms with E-state index in [1.54, 1.807) is 17.4 Å². The molecule has 0 saturated heterocycles. The van der Waals surface area contributed by atoms with Gasteiger partial charge in [0.05, 0.1) is 10.3 Å². The molecule has 0 saturated carbocycles. The number of benzene rings is 1. The van der Waals surface area contributed by atoms with Crippen molar-refractivity contribution >= 4 is 39.2 Å². The van der Waals surface area contributed by atoms with Crippen LogP contribution in [0.1, 0.15) is 10.4 Å². The molecule has 0 aliphatic carbocycles. The number of hydrogen-bond acceptors (Lipinski definition) is 3. The molecule has 0 aliphatic heterocycles. The van der Waals surface area contributed by atoms with Gasteiger partial charge in [0.15, 0.2) is 0 Å². The molecule has 1 amide bonds. The van der Waals surface area contributed by atoms with Crippen molar-refractivity contribution in [2.45, 2.75) is 6.92 Å². The summed E-state index contributed by atoms with van der Waals surface area (Å²) in [7, 11) is 0. The third-order valence-electron chi connectivity index (χ3n) is 2.68. The maximum atomic E-state index is 11.6. The van der Waals surface area contributed by atoms with Crippen molar-refractivity contribution in [2.24, 2.45) is 0 Å². The number of hydrogen-bond donors (Lipinski definition) is 1. The van der Waals surface area contributed by atoms with Gasteiger partial charge in [-0.25, -0.2) is 0 Å². The number of carbonyl (C=O) groups excluding carboxylic acids is 1. The fraction of sp³-hybridized carbons (Fsp3) is 0.188. The molecule has 21 heavy (non-hydrogen) atoms. The Kier molecular flexibility index (Phi) is 6.02. The van der Waals surface area contributed by atoms with Gasteiger partial charge in [0, 0.05) is 11.0 Å². The number of rotatable bonds is 6. The van der Waals surface area contributed by atoms with Crippen LogP contribution in [0.2, 0.25) is 0 Å². The number of nitrogens with one attached hydrogen (secondary N) is 1. The maximum absolute atomic E-state index is 11.6. The summed E-state index contributed by atoms with van der Waals surface area (Å²) in [5.41, 5.74) is 1.20. The highest BCUT2D eigenvalue weighted by atomic mass is 79.9. The molecule has 1 heterocycles. The Hall–Kier alpha value is -1.59. The molecule has 5 heteroatoms. The number of halogens is 1. The van der Waals surface area contributed by atoms with Crippen LogP contribution in [0.4, 0.5) is 0 Å². The Balaban J connectivity index is 1.67. The van der Waals surface area contributed by atoms with Gasteiger partial charge in [-0.1, -0.05) is 17.7 Å². The van der Waals surface area contributed by atoms with E-state index >= 15 is 0 Å². The normalized spacial score (nSPS) is 10.8. The van der Waals surface area contributed by atoms with Crippen molar-refractivity contribution in [3.05, 3.63) is 56.7 Å². The van der Waals surface area contributed by atoms with Crippen molar-refractivity contribution in [3.63, 3.8) is 0 Å². The molecule has 0 bridgehead atoms. The topological polar surface area (TPSA) is 38.3 Å². The number of carbonyl (C=O) groups is 1. The maximum Gasteiger partial charge on any atom is 0.244 e. The van der Waals surface area contributed by atoms with Crippen LogP contribution in [-0.2, 0) is 4.79 Å². The zero-order chi connectivity index (χ0) is 15.1. The smallest absolute Gasteiger partial charge is 0.244 e. The third-order valence-corrected chi connectivity index (χ3v) is 4.27. The second kappa shape index (κ2) is 8.00. The minimum absolute atomic E-state index is 0.118. The van der Waals surface area contributed by atoms with Crippen molar-refractivity contribution in [3.8, 4) is 5.75 Å². The van der Waals surface area contributed by atoms with E-state index in [9.17, 15) is 4.79 Å². The lowest BCUT2D eigenvalue weighted by atomic mass is 10.2. The molecule has 110 valence electrons. The van der Waals surface area contributed by atoms with E-state index in [-0.39, 0.29) is 5.91 Å². The molecule has 0 spiro atoms. The fourth-order valence-electron chi connectivity index (χ4n) is 1.61. The summed E-state index contributed by atoms with van der Waals surface area (Å²) in [5, 5.41) is 2.78. The molecule has 1 N–H and O–H groups in total. The standard InChI is InChI=1S/C16H16BrNO2S/c1-12-2-4-13(5-3-12)20-11-10-18-16(19)9-7-14-6-8-15(17)21-14/h2-9H,10-11H2,1H3,(H,18,19)/b9-7+. The average Bonchev–Trinajstić information content (AvgIpc) is 2.89. The van der Waals surface area contributed by atoms with Gasteiger partial charge in [-0.05, 0) is 53.2 Å². The van der Waals surface area contributed by atoms with Gasteiger partial charge in [0.2, 0.25) is 5.91 Å². The van der Waals surface area contributed by atoms with E-state index < -0.39 is 0 Å². The molecule has 0 radical (unpaired) electrons. The Labute approximate surface area is 136 Å². The van der Waals surface area contributed by atoms with Crippen molar-refractivity contribution in [2.75, 3.05) is 13.2 Å². The van der Waals surface area contributed by atoms with Crippen LogP contribution < -0.4 is 10.1 Å². The van der Waals surface area contributed by atoms with Crippen LogP contribution >= 0.6 is 27.3 Å². The Morgan fingerprint density at radius 2 is 2.05 bits per heavy atom. The summed E-state index contributed by atoms with van der Waals surface area (Å²) >= 11 is 4.97. The van der Waals surface area contributed by atoms with Crippen LogP contribution in [0.25, 0.3) is 6.08 Å². The van der Waals surface area contributed by atoms with E-state index in [1.807, 2.05) is 43.3 Å². The van der Waals surface area contributed by atoms with Gasteiger partial charge in [0.25, 0.3) is 0 Å². The highest BCUT2D eigenvalue weighted by molar-refractivity contribution is 9.11. The van der Waals surface area contributed by atoms with Crippen LogP contribution in [0.5, 0.6) is 5.75 Å². The van der Waals surface area contributed by atoms with Crippen LogP contribution in [0, 0.1) is 6.92 Å². The second-order valence-corrected chi connectivity index (χ2v) is 6.92. The lowest BCUT2D eigenvalue weighted by molar-refractivity contribution is -0.116. The zero-order valence-corrected chi connectivity index (χ0v) is 14.0. The van der Waals surface area contributed by atoms with Gasteiger partial charge >= 0.3 is 0 Å². The Bertz CT molecular complexity index is 619. The molecule has 1 aromatic carbocycles. The molecule has 0 fully saturated rings. The van der Waals surface area contributed by atoms with Crippen molar-refractivity contribution < 1.29 is 9.53 Å². The van der Waals surface area contributed by atoms with Gasteiger partial charge in [0.1, 0.15) is 12.4 Å². The molecule has 2 rings (SSSR count). The van der Waals surface area contributed by atoms with Gasteiger partial charge < -0.3 is 10.1 Å². The summed E-state index contributed by atoms with van der Waals surface area (Å²) in [6, 6.07) is 11.7. The number of amides is 1. The molecular weight excluding hydrogens is 350 g/mol. The zero-order valence-electron chi connectivity index (χ0n) is 11.6. The molecule has 1 aromatic heterocycles. The summed E-state index contributed by atoms with van der Waals surface area (Å²) in [6.07, 6.45) is 3.33. The van der Waals surface area contributed by atoms with E-state index in [2.05, 4.69) is 21.2 Å². The Morgan fingerprint density at radius 3 is 2.71 bits per heavy atom. The summed E-state index contributed by atoms with van der Waals surface area (Å²) in [4.78, 5) is 12.7. The SMILES string of the molecule is Cc1ccc(OCCNC(=O)/C=C/c2ccc(Br)s2)cc1. The second-order valence-electron chi connectivity index (χ2n) is 4.43. The van der Waals surface area contributed by atoms with Crippen LogP contribution in [0.15, 0.2) is 46.3 Å². The van der Waals surface area contributed by atoms with E-state index in [0.717, 1.165) is 14.4 Å². The first-order valence-electron chi connectivity index (χ1n) is 6.54. The molecule has 0 aliphatic rings. The fourth-order valence-corrected chi connectivity index (χ4v) is 2.94. The average molecular weight is 366 g/mol. The summed E-state index contributed by atoms with van der Waals surface area (Å²) in [6.45, 7) is 2.96. The third kappa shape index (κ3) is 5.73. The quantitative estimate of drug-likeness (QED) is 0.619. The largest absolute Gasteiger partial charge is 0.492 e. The molecular formula is C16H16BrNO2S. The number of ether oxygens (including phenoxy) is 1.